The Bertz CT molecular complexity index is 410. The summed E-state index contributed by atoms with van der Waals surface area (Å²) in [7, 11) is 0. The van der Waals surface area contributed by atoms with Gasteiger partial charge in [-0.2, -0.15) is 0 Å². The van der Waals surface area contributed by atoms with Crippen molar-refractivity contribution in [3.05, 3.63) is 17.0 Å². The standard InChI is InChI=1S/C13H21ClN4/c1-4-12-15-11(14)8-13(16-12)18-7-6-17(5-2)10(3)9-18/h8,10H,4-7,9H2,1-3H3. The minimum Gasteiger partial charge on any atom is -0.354 e. The van der Waals surface area contributed by atoms with Gasteiger partial charge in [0, 0.05) is 38.2 Å². The topological polar surface area (TPSA) is 32.3 Å². The van der Waals surface area contributed by atoms with E-state index in [2.05, 4.69) is 33.6 Å². The number of aromatic nitrogens is 2. The summed E-state index contributed by atoms with van der Waals surface area (Å²) in [4.78, 5) is 13.6. The van der Waals surface area contributed by atoms with Crippen molar-refractivity contribution in [1.82, 2.24) is 14.9 Å². The summed E-state index contributed by atoms with van der Waals surface area (Å²) in [5, 5.41) is 0.544. The van der Waals surface area contributed by atoms with Gasteiger partial charge in [0.25, 0.3) is 0 Å². The molecule has 1 atom stereocenters. The van der Waals surface area contributed by atoms with E-state index in [1.165, 1.54) is 0 Å². The van der Waals surface area contributed by atoms with E-state index in [4.69, 9.17) is 11.6 Å². The van der Waals surface area contributed by atoms with Gasteiger partial charge in [0.05, 0.1) is 0 Å². The molecule has 5 heteroatoms. The predicted molar refractivity (Wildman–Crippen MR) is 75.3 cm³/mol. The lowest BCUT2D eigenvalue weighted by Crippen LogP contribution is -2.52. The molecule has 0 radical (unpaired) electrons. The second-order valence-electron chi connectivity index (χ2n) is 4.74. The molecule has 0 spiro atoms. The third kappa shape index (κ3) is 2.93. The van der Waals surface area contributed by atoms with E-state index < -0.39 is 0 Å². The van der Waals surface area contributed by atoms with E-state index in [0.29, 0.717) is 11.2 Å². The summed E-state index contributed by atoms with van der Waals surface area (Å²) in [6.45, 7) is 10.7. The normalized spacial score (nSPS) is 21.3. The van der Waals surface area contributed by atoms with E-state index in [1.807, 2.05) is 13.0 Å². The lowest BCUT2D eigenvalue weighted by Gasteiger charge is -2.39. The molecule has 2 rings (SSSR count). The van der Waals surface area contributed by atoms with Crippen molar-refractivity contribution < 1.29 is 0 Å². The van der Waals surface area contributed by atoms with Crippen LogP contribution in [0.5, 0.6) is 0 Å². The highest BCUT2D eigenvalue weighted by Crippen LogP contribution is 2.20. The number of aryl methyl sites for hydroxylation is 1. The van der Waals surface area contributed by atoms with Crippen LogP contribution in [-0.4, -0.2) is 47.1 Å². The molecule has 18 heavy (non-hydrogen) atoms. The van der Waals surface area contributed by atoms with Gasteiger partial charge in [-0.25, -0.2) is 9.97 Å². The van der Waals surface area contributed by atoms with Gasteiger partial charge in [-0.05, 0) is 13.5 Å². The number of piperazine rings is 1. The van der Waals surface area contributed by atoms with Gasteiger partial charge in [-0.15, -0.1) is 0 Å². The summed E-state index contributed by atoms with van der Waals surface area (Å²) in [6.07, 6.45) is 0.817. The highest BCUT2D eigenvalue weighted by molar-refractivity contribution is 6.29. The van der Waals surface area contributed by atoms with Crippen molar-refractivity contribution in [2.75, 3.05) is 31.1 Å². The van der Waals surface area contributed by atoms with Crippen LogP contribution in [0.4, 0.5) is 5.82 Å². The number of hydrogen-bond donors (Lipinski definition) is 0. The van der Waals surface area contributed by atoms with Gasteiger partial charge in [0.1, 0.15) is 16.8 Å². The molecular weight excluding hydrogens is 248 g/mol. The quantitative estimate of drug-likeness (QED) is 0.787. The second kappa shape index (κ2) is 5.85. The van der Waals surface area contributed by atoms with Crippen molar-refractivity contribution in [2.24, 2.45) is 0 Å². The maximum Gasteiger partial charge on any atom is 0.134 e. The van der Waals surface area contributed by atoms with E-state index in [1.54, 1.807) is 0 Å². The summed E-state index contributed by atoms with van der Waals surface area (Å²) in [5.74, 6) is 1.79. The Morgan fingerprint density at radius 3 is 2.72 bits per heavy atom. The Hall–Kier alpha value is -0.870. The summed E-state index contributed by atoms with van der Waals surface area (Å²) < 4.78 is 0. The van der Waals surface area contributed by atoms with E-state index in [-0.39, 0.29) is 0 Å². The second-order valence-corrected chi connectivity index (χ2v) is 5.13. The molecule has 0 saturated carbocycles. The van der Waals surface area contributed by atoms with Crippen LogP contribution in [0, 0.1) is 0 Å². The van der Waals surface area contributed by atoms with Crippen molar-refractivity contribution in [3.63, 3.8) is 0 Å². The Balaban J connectivity index is 2.15. The number of anilines is 1. The molecule has 0 bridgehead atoms. The van der Waals surface area contributed by atoms with Crippen molar-refractivity contribution in [1.29, 1.82) is 0 Å². The number of rotatable bonds is 3. The number of halogens is 1. The third-order valence-corrected chi connectivity index (χ3v) is 3.73. The van der Waals surface area contributed by atoms with Crippen molar-refractivity contribution in [2.45, 2.75) is 33.2 Å². The molecule has 1 unspecified atom stereocenters. The lowest BCUT2D eigenvalue weighted by molar-refractivity contribution is 0.199. The highest BCUT2D eigenvalue weighted by atomic mass is 35.5. The molecule has 1 aliphatic heterocycles. The summed E-state index contributed by atoms with van der Waals surface area (Å²) >= 11 is 6.05. The molecular formula is C13H21ClN4. The Labute approximate surface area is 114 Å². The number of hydrogen-bond acceptors (Lipinski definition) is 4. The molecule has 1 aromatic rings. The van der Waals surface area contributed by atoms with Crippen LogP contribution >= 0.6 is 11.6 Å². The van der Waals surface area contributed by atoms with Crippen LogP contribution in [0.3, 0.4) is 0 Å². The van der Waals surface area contributed by atoms with Gasteiger partial charge < -0.3 is 4.90 Å². The maximum atomic E-state index is 6.05. The molecule has 100 valence electrons. The number of likely N-dealkylation sites (N-methyl/N-ethyl adjacent to an activating group) is 1. The molecule has 0 aliphatic carbocycles. The van der Waals surface area contributed by atoms with Crippen LogP contribution in [0.2, 0.25) is 5.15 Å². The maximum absolute atomic E-state index is 6.05. The fraction of sp³-hybridized carbons (Fsp3) is 0.692. The SMILES string of the molecule is CCc1nc(Cl)cc(N2CCN(CC)C(C)C2)n1. The molecule has 4 nitrogen and oxygen atoms in total. The van der Waals surface area contributed by atoms with Gasteiger partial charge in [-0.3, -0.25) is 4.90 Å². The fourth-order valence-corrected chi connectivity index (χ4v) is 2.64. The van der Waals surface area contributed by atoms with Gasteiger partial charge in [-0.1, -0.05) is 25.4 Å². The highest BCUT2D eigenvalue weighted by Gasteiger charge is 2.23. The zero-order valence-electron chi connectivity index (χ0n) is 11.4. The Morgan fingerprint density at radius 2 is 2.11 bits per heavy atom. The fourth-order valence-electron chi connectivity index (χ4n) is 2.44. The first kappa shape index (κ1) is 13.6. The zero-order chi connectivity index (χ0) is 13.1. The van der Waals surface area contributed by atoms with Gasteiger partial charge >= 0.3 is 0 Å². The lowest BCUT2D eigenvalue weighted by atomic mass is 10.2. The molecule has 0 N–H and O–H groups in total. The van der Waals surface area contributed by atoms with Crippen molar-refractivity contribution >= 4 is 17.4 Å². The molecule has 1 fully saturated rings. The van der Waals surface area contributed by atoms with E-state index in [9.17, 15) is 0 Å². The first-order valence-electron chi connectivity index (χ1n) is 6.66. The molecule has 1 aliphatic rings. The average molecular weight is 269 g/mol. The number of nitrogens with zero attached hydrogens (tertiary/aromatic N) is 4. The summed E-state index contributed by atoms with van der Waals surface area (Å²) in [5.41, 5.74) is 0. The molecule has 0 amide bonds. The van der Waals surface area contributed by atoms with Crippen LogP contribution in [0.25, 0.3) is 0 Å². The largest absolute Gasteiger partial charge is 0.354 e. The third-order valence-electron chi connectivity index (χ3n) is 3.54. The first-order valence-corrected chi connectivity index (χ1v) is 7.04. The minimum absolute atomic E-state index is 0.544. The zero-order valence-corrected chi connectivity index (χ0v) is 12.1. The first-order chi connectivity index (χ1) is 8.63. The molecule has 1 saturated heterocycles. The minimum atomic E-state index is 0.544. The van der Waals surface area contributed by atoms with Crippen molar-refractivity contribution in [3.8, 4) is 0 Å². The van der Waals surface area contributed by atoms with Gasteiger partial charge in [0.15, 0.2) is 0 Å². The monoisotopic (exact) mass is 268 g/mol. The van der Waals surface area contributed by atoms with Crippen LogP contribution in [-0.2, 0) is 6.42 Å². The molecule has 1 aromatic heterocycles. The average Bonchev–Trinajstić information content (AvgIpc) is 2.37. The molecule has 0 aromatic carbocycles. The molecule has 2 heterocycles. The Kier molecular flexibility index (Phi) is 4.40. The van der Waals surface area contributed by atoms with Gasteiger partial charge in [0.2, 0.25) is 0 Å². The van der Waals surface area contributed by atoms with Crippen LogP contribution in [0.15, 0.2) is 6.07 Å². The van der Waals surface area contributed by atoms with E-state index in [0.717, 1.165) is 44.2 Å². The van der Waals surface area contributed by atoms with Crippen LogP contribution < -0.4 is 4.90 Å². The predicted octanol–water partition coefficient (Wildman–Crippen LogP) is 2.22. The van der Waals surface area contributed by atoms with Crippen LogP contribution in [0.1, 0.15) is 26.6 Å². The van der Waals surface area contributed by atoms with E-state index >= 15 is 0 Å². The smallest absolute Gasteiger partial charge is 0.134 e. The summed E-state index contributed by atoms with van der Waals surface area (Å²) in [6, 6.07) is 2.43. The Morgan fingerprint density at radius 1 is 1.33 bits per heavy atom.